The van der Waals surface area contributed by atoms with Crippen molar-refractivity contribution in [2.45, 2.75) is 52.0 Å². The van der Waals surface area contributed by atoms with Gasteiger partial charge in [0.15, 0.2) is 0 Å². The molecule has 2 atom stereocenters. The van der Waals surface area contributed by atoms with Crippen LogP contribution in [0.5, 0.6) is 0 Å². The number of carbonyl (C=O) groups is 2. The number of halogens is 1. The lowest BCUT2D eigenvalue weighted by Gasteiger charge is -2.31. The van der Waals surface area contributed by atoms with Crippen LogP contribution in [0.3, 0.4) is 0 Å². The summed E-state index contributed by atoms with van der Waals surface area (Å²) in [5.41, 5.74) is 0.113. The average molecular weight is 372 g/mol. The molecule has 0 aliphatic carbocycles. The minimum absolute atomic E-state index is 0.0644. The molecule has 0 saturated carbocycles. The minimum atomic E-state index is -0.974. The number of benzene rings is 1. The van der Waals surface area contributed by atoms with E-state index in [9.17, 15) is 14.7 Å². The summed E-state index contributed by atoms with van der Waals surface area (Å²) >= 11 is 5.61. The Morgan fingerprint density at radius 3 is 2.36 bits per heavy atom. The maximum Gasteiger partial charge on any atom is 0.411 e. The van der Waals surface area contributed by atoms with Crippen molar-refractivity contribution >= 4 is 23.7 Å². The molecular weight excluding hydrogens is 346 g/mol. The van der Waals surface area contributed by atoms with Gasteiger partial charge in [0.05, 0.1) is 18.5 Å². The van der Waals surface area contributed by atoms with Gasteiger partial charge in [-0.2, -0.15) is 0 Å². The summed E-state index contributed by atoms with van der Waals surface area (Å²) in [6.45, 7) is 6.67. The van der Waals surface area contributed by atoms with Crippen LogP contribution in [-0.4, -0.2) is 52.2 Å². The number of aliphatic hydroxyl groups excluding tert-OH is 1. The number of ether oxygens (including phenoxy) is 2. The van der Waals surface area contributed by atoms with Crippen molar-refractivity contribution in [3.8, 4) is 0 Å². The van der Waals surface area contributed by atoms with Gasteiger partial charge in [-0.15, -0.1) is 11.6 Å². The van der Waals surface area contributed by atoms with Crippen LogP contribution in [-0.2, 0) is 20.9 Å². The van der Waals surface area contributed by atoms with Gasteiger partial charge in [-0.1, -0.05) is 30.3 Å². The highest BCUT2D eigenvalue weighted by molar-refractivity contribution is 6.18. The number of hydrogen-bond acceptors (Lipinski definition) is 5. The zero-order valence-corrected chi connectivity index (χ0v) is 15.8. The van der Waals surface area contributed by atoms with E-state index in [-0.39, 0.29) is 19.0 Å². The lowest BCUT2D eigenvalue weighted by atomic mass is 10.2. The average Bonchev–Trinajstić information content (AvgIpc) is 2.55. The molecule has 25 heavy (non-hydrogen) atoms. The third kappa shape index (κ3) is 7.75. The van der Waals surface area contributed by atoms with Gasteiger partial charge in [0.1, 0.15) is 18.2 Å². The van der Waals surface area contributed by atoms with Crippen LogP contribution in [0.25, 0.3) is 0 Å². The van der Waals surface area contributed by atoms with E-state index in [1.54, 1.807) is 20.8 Å². The molecule has 0 fully saturated rings. The summed E-state index contributed by atoms with van der Waals surface area (Å²) < 4.78 is 10.6. The first-order valence-electron chi connectivity index (χ1n) is 8.08. The fourth-order valence-electron chi connectivity index (χ4n) is 1.96. The first-order valence-corrected chi connectivity index (χ1v) is 8.61. The second kappa shape index (κ2) is 9.63. The first-order chi connectivity index (χ1) is 11.6. The van der Waals surface area contributed by atoms with Crippen LogP contribution in [0.15, 0.2) is 30.3 Å². The van der Waals surface area contributed by atoms with Gasteiger partial charge in [-0.3, -0.25) is 4.90 Å². The Hall–Kier alpha value is -1.79. The van der Waals surface area contributed by atoms with Crippen molar-refractivity contribution in [2.75, 3.05) is 12.4 Å². The van der Waals surface area contributed by atoms with Crippen molar-refractivity contribution in [3.63, 3.8) is 0 Å². The summed E-state index contributed by atoms with van der Waals surface area (Å²) in [4.78, 5) is 25.8. The normalized spacial score (nSPS) is 13.7. The second-order valence-corrected chi connectivity index (χ2v) is 7.02. The third-order valence-electron chi connectivity index (χ3n) is 3.25. The summed E-state index contributed by atoms with van der Waals surface area (Å²) in [7, 11) is 0. The fraction of sp³-hybridized carbons (Fsp3) is 0.556. The van der Waals surface area contributed by atoms with Crippen molar-refractivity contribution in [3.05, 3.63) is 35.9 Å². The van der Waals surface area contributed by atoms with E-state index < -0.39 is 29.8 Å². The Balaban J connectivity index is 2.77. The monoisotopic (exact) mass is 371 g/mol. The van der Waals surface area contributed by atoms with Crippen LogP contribution in [0.1, 0.15) is 33.3 Å². The standard InChI is InChI=1S/C18H26ClNO5/c1-13(16(22)24-12-14-8-6-5-7-9-14)20(11-15(21)10-19)17(23)25-18(2,3)4/h5-9,13,15,21H,10-12H2,1-4H3/t13-,15+/m0/s1. The minimum Gasteiger partial charge on any atom is -0.459 e. The van der Waals surface area contributed by atoms with E-state index in [0.29, 0.717) is 0 Å². The van der Waals surface area contributed by atoms with Crippen molar-refractivity contribution in [1.82, 2.24) is 4.90 Å². The third-order valence-corrected chi connectivity index (χ3v) is 3.60. The SMILES string of the molecule is C[C@@H](C(=O)OCc1ccccc1)N(C[C@H](O)CCl)C(=O)OC(C)(C)C. The molecule has 0 bridgehead atoms. The maximum absolute atomic E-state index is 12.4. The van der Waals surface area contributed by atoms with Crippen LogP contribution < -0.4 is 0 Å². The zero-order valence-electron chi connectivity index (χ0n) is 15.1. The molecule has 0 aliphatic heterocycles. The van der Waals surface area contributed by atoms with Gasteiger partial charge in [-0.05, 0) is 33.3 Å². The van der Waals surface area contributed by atoms with Crippen LogP contribution in [0.4, 0.5) is 4.79 Å². The molecule has 0 spiro atoms. The number of rotatable bonds is 7. The Bertz CT molecular complexity index is 558. The number of esters is 1. The zero-order chi connectivity index (χ0) is 19.0. The molecule has 0 saturated heterocycles. The summed E-state index contributed by atoms with van der Waals surface area (Å²) in [5, 5.41) is 9.78. The molecule has 140 valence electrons. The Morgan fingerprint density at radius 2 is 1.84 bits per heavy atom. The molecule has 1 aromatic carbocycles. The van der Waals surface area contributed by atoms with Gasteiger partial charge in [-0.25, -0.2) is 9.59 Å². The number of carbonyl (C=O) groups excluding carboxylic acids is 2. The van der Waals surface area contributed by atoms with Gasteiger partial charge < -0.3 is 14.6 Å². The smallest absolute Gasteiger partial charge is 0.411 e. The highest BCUT2D eigenvalue weighted by Gasteiger charge is 2.32. The molecule has 0 aliphatic rings. The molecule has 0 aromatic heterocycles. The van der Waals surface area contributed by atoms with E-state index in [0.717, 1.165) is 10.5 Å². The molecule has 0 radical (unpaired) electrons. The highest BCUT2D eigenvalue weighted by Crippen LogP contribution is 2.14. The number of nitrogens with zero attached hydrogens (tertiary/aromatic N) is 1. The first kappa shape index (κ1) is 21.3. The molecule has 0 heterocycles. The second-order valence-electron chi connectivity index (χ2n) is 6.71. The lowest BCUT2D eigenvalue weighted by Crippen LogP contribution is -2.49. The topological polar surface area (TPSA) is 76.1 Å². The van der Waals surface area contributed by atoms with E-state index in [1.807, 2.05) is 30.3 Å². The molecular formula is C18H26ClNO5. The van der Waals surface area contributed by atoms with Gasteiger partial charge >= 0.3 is 12.1 Å². The molecule has 7 heteroatoms. The Labute approximate surface area is 153 Å². The highest BCUT2D eigenvalue weighted by atomic mass is 35.5. The fourth-order valence-corrected chi connectivity index (χ4v) is 2.06. The Morgan fingerprint density at radius 1 is 1.24 bits per heavy atom. The number of alkyl halides is 1. The van der Waals surface area contributed by atoms with Crippen LogP contribution in [0.2, 0.25) is 0 Å². The number of hydrogen-bond donors (Lipinski definition) is 1. The summed E-state index contributed by atoms with van der Waals surface area (Å²) in [5.74, 6) is -0.651. The lowest BCUT2D eigenvalue weighted by molar-refractivity contribution is -0.151. The summed E-state index contributed by atoms with van der Waals surface area (Å²) in [6.07, 6.45) is -1.68. The molecule has 1 N–H and O–H groups in total. The maximum atomic E-state index is 12.4. The van der Waals surface area contributed by atoms with E-state index in [2.05, 4.69) is 0 Å². The largest absolute Gasteiger partial charge is 0.459 e. The number of aliphatic hydroxyl groups is 1. The van der Waals surface area contributed by atoms with E-state index >= 15 is 0 Å². The molecule has 1 rings (SSSR count). The molecule has 0 unspecified atom stereocenters. The summed E-state index contributed by atoms with van der Waals surface area (Å²) in [6, 6.07) is 8.30. The van der Waals surface area contributed by atoms with E-state index in [4.69, 9.17) is 21.1 Å². The van der Waals surface area contributed by atoms with Crippen LogP contribution >= 0.6 is 11.6 Å². The van der Waals surface area contributed by atoms with Gasteiger partial charge in [0, 0.05) is 0 Å². The van der Waals surface area contributed by atoms with Crippen molar-refractivity contribution < 1.29 is 24.2 Å². The number of amides is 1. The Kier molecular flexibility index (Phi) is 8.19. The molecule has 6 nitrogen and oxygen atoms in total. The van der Waals surface area contributed by atoms with Gasteiger partial charge in [0.2, 0.25) is 0 Å². The van der Waals surface area contributed by atoms with Crippen molar-refractivity contribution in [1.29, 1.82) is 0 Å². The van der Waals surface area contributed by atoms with E-state index in [1.165, 1.54) is 6.92 Å². The quantitative estimate of drug-likeness (QED) is 0.589. The predicted octanol–water partition coefficient (Wildman–Crippen LogP) is 2.96. The predicted molar refractivity (Wildman–Crippen MR) is 95.4 cm³/mol. The molecule has 1 aromatic rings. The van der Waals surface area contributed by atoms with Crippen molar-refractivity contribution in [2.24, 2.45) is 0 Å². The van der Waals surface area contributed by atoms with Crippen LogP contribution in [0, 0.1) is 0 Å². The molecule has 1 amide bonds. The van der Waals surface area contributed by atoms with Gasteiger partial charge in [0.25, 0.3) is 0 Å².